The van der Waals surface area contributed by atoms with Crippen LogP contribution in [-0.4, -0.2) is 5.78 Å². The SMILES string of the molecule is N#CCCC(=O)c1ccc(F)cc1F. The van der Waals surface area contributed by atoms with E-state index in [1.807, 2.05) is 0 Å². The number of hydrogen-bond acceptors (Lipinski definition) is 2. The summed E-state index contributed by atoms with van der Waals surface area (Å²) in [6, 6.07) is 4.54. The van der Waals surface area contributed by atoms with Gasteiger partial charge in [-0.1, -0.05) is 0 Å². The Morgan fingerprint density at radius 1 is 1.43 bits per heavy atom. The molecule has 0 fully saturated rings. The second kappa shape index (κ2) is 4.47. The van der Waals surface area contributed by atoms with Crippen LogP contribution in [0.2, 0.25) is 0 Å². The largest absolute Gasteiger partial charge is 0.294 e. The van der Waals surface area contributed by atoms with Gasteiger partial charge in [-0.05, 0) is 12.1 Å². The highest BCUT2D eigenvalue weighted by Gasteiger charge is 2.11. The molecule has 0 spiro atoms. The third-order valence-electron chi connectivity index (χ3n) is 1.70. The van der Waals surface area contributed by atoms with Crippen molar-refractivity contribution in [2.45, 2.75) is 12.8 Å². The zero-order valence-corrected chi connectivity index (χ0v) is 7.26. The van der Waals surface area contributed by atoms with E-state index in [4.69, 9.17) is 5.26 Å². The van der Waals surface area contributed by atoms with E-state index in [2.05, 4.69) is 0 Å². The number of nitriles is 1. The first-order valence-corrected chi connectivity index (χ1v) is 4.00. The van der Waals surface area contributed by atoms with Crippen molar-refractivity contribution in [3.63, 3.8) is 0 Å². The molecule has 0 aliphatic carbocycles. The molecule has 0 saturated heterocycles. The lowest BCUT2D eigenvalue weighted by Crippen LogP contribution is -2.02. The van der Waals surface area contributed by atoms with E-state index in [1.165, 1.54) is 0 Å². The molecule has 0 saturated carbocycles. The Hall–Kier alpha value is -1.76. The maximum absolute atomic E-state index is 13.0. The average Bonchev–Trinajstić information content (AvgIpc) is 2.14. The fourth-order valence-corrected chi connectivity index (χ4v) is 1.02. The summed E-state index contributed by atoms with van der Waals surface area (Å²) >= 11 is 0. The molecule has 0 heterocycles. The highest BCUT2D eigenvalue weighted by Crippen LogP contribution is 2.12. The summed E-state index contributed by atoms with van der Waals surface area (Å²) in [5.41, 5.74) is -0.165. The van der Waals surface area contributed by atoms with Crippen LogP contribution in [0, 0.1) is 23.0 Å². The molecule has 0 atom stereocenters. The van der Waals surface area contributed by atoms with Crippen LogP contribution in [0.5, 0.6) is 0 Å². The fourth-order valence-electron chi connectivity index (χ4n) is 1.02. The van der Waals surface area contributed by atoms with Crippen molar-refractivity contribution >= 4 is 5.78 Å². The van der Waals surface area contributed by atoms with Crippen LogP contribution in [0.1, 0.15) is 23.2 Å². The number of hydrogen-bond donors (Lipinski definition) is 0. The summed E-state index contributed by atoms with van der Waals surface area (Å²) in [6.45, 7) is 0. The average molecular weight is 195 g/mol. The van der Waals surface area contributed by atoms with Gasteiger partial charge in [-0.3, -0.25) is 4.79 Å². The van der Waals surface area contributed by atoms with Crippen molar-refractivity contribution in [1.29, 1.82) is 5.26 Å². The smallest absolute Gasteiger partial charge is 0.166 e. The zero-order valence-electron chi connectivity index (χ0n) is 7.26. The van der Waals surface area contributed by atoms with Gasteiger partial charge in [0.15, 0.2) is 5.78 Å². The van der Waals surface area contributed by atoms with Gasteiger partial charge >= 0.3 is 0 Å². The quantitative estimate of drug-likeness (QED) is 0.695. The van der Waals surface area contributed by atoms with Crippen LogP contribution >= 0.6 is 0 Å². The molecule has 0 aliphatic rings. The van der Waals surface area contributed by atoms with Gasteiger partial charge in [0.2, 0.25) is 0 Å². The Balaban J connectivity index is 2.86. The molecule has 4 heteroatoms. The molecule has 1 rings (SSSR count). The molecule has 0 N–H and O–H groups in total. The minimum Gasteiger partial charge on any atom is -0.294 e. The van der Waals surface area contributed by atoms with Crippen molar-refractivity contribution in [2.24, 2.45) is 0 Å². The number of carbonyl (C=O) groups is 1. The molecule has 1 aromatic rings. The summed E-state index contributed by atoms with van der Waals surface area (Å²) in [5, 5.41) is 8.22. The third kappa shape index (κ3) is 2.36. The van der Waals surface area contributed by atoms with Gasteiger partial charge in [-0.2, -0.15) is 5.26 Å². The zero-order chi connectivity index (χ0) is 10.6. The predicted molar refractivity (Wildman–Crippen MR) is 45.5 cm³/mol. The molecular weight excluding hydrogens is 188 g/mol. The lowest BCUT2D eigenvalue weighted by molar-refractivity contribution is 0.0980. The normalized spacial score (nSPS) is 9.50. The summed E-state index contributed by atoms with van der Waals surface area (Å²) < 4.78 is 25.4. The van der Waals surface area contributed by atoms with Crippen LogP contribution in [0.4, 0.5) is 8.78 Å². The van der Waals surface area contributed by atoms with E-state index < -0.39 is 17.4 Å². The van der Waals surface area contributed by atoms with E-state index in [0.29, 0.717) is 6.07 Å². The first kappa shape index (κ1) is 10.3. The van der Waals surface area contributed by atoms with Gasteiger partial charge in [-0.15, -0.1) is 0 Å². The summed E-state index contributed by atoms with van der Waals surface area (Å²) in [4.78, 5) is 11.2. The number of nitrogens with zero attached hydrogens (tertiary/aromatic N) is 1. The molecule has 0 bridgehead atoms. The van der Waals surface area contributed by atoms with Crippen LogP contribution in [0.15, 0.2) is 18.2 Å². The lowest BCUT2D eigenvalue weighted by Gasteiger charge is -1.99. The van der Waals surface area contributed by atoms with Gasteiger partial charge in [0.1, 0.15) is 11.6 Å². The monoisotopic (exact) mass is 195 g/mol. The minimum absolute atomic E-state index is 0.0374. The van der Waals surface area contributed by atoms with E-state index in [9.17, 15) is 13.6 Å². The summed E-state index contributed by atoms with van der Waals surface area (Å²) in [5.74, 6) is -2.09. The lowest BCUT2D eigenvalue weighted by atomic mass is 10.1. The van der Waals surface area contributed by atoms with Gasteiger partial charge in [-0.25, -0.2) is 8.78 Å². The molecule has 1 aromatic carbocycles. The fraction of sp³-hybridized carbons (Fsp3) is 0.200. The van der Waals surface area contributed by atoms with Crippen molar-refractivity contribution < 1.29 is 13.6 Å². The van der Waals surface area contributed by atoms with Crippen LogP contribution in [0.3, 0.4) is 0 Å². The molecular formula is C10H7F2NO. The van der Waals surface area contributed by atoms with Crippen LogP contribution in [-0.2, 0) is 0 Å². The molecule has 0 aliphatic heterocycles. The molecule has 0 unspecified atom stereocenters. The molecule has 72 valence electrons. The highest BCUT2D eigenvalue weighted by atomic mass is 19.1. The summed E-state index contributed by atoms with van der Waals surface area (Å²) in [7, 11) is 0. The number of carbonyl (C=O) groups excluding carboxylic acids is 1. The first-order valence-electron chi connectivity index (χ1n) is 4.00. The summed E-state index contributed by atoms with van der Waals surface area (Å²) in [6.07, 6.45) is -0.00526. The van der Waals surface area contributed by atoms with Crippen LogP contribution < -0.4 is 0 Å². The first-order chi connectivity index (χ1) is 6.65. The van der Waals surface area contributed by atoms with Crippen molar-refractivity contribution in [2.75, 3.05) is 0 Å². The third-order valence-corrected chi connectivity index (χ3v) is 1.70. The second-order valence-electron chi connectivity index (χ2n) is 2.71. The molecule has 0 aromatic heterocycles. The van der Waals surface area contributed by atoms with E-state index in [0.717, 1.165) is 12.1 Å². The predicted octanol–water partition coefficient (Wildman–Crippen LogP) is 2.45. The highest BCUT2D eigenvalue weighted by molar-refractivity contribution is 5.96. The van der Waals surface area contributed by atoms with E-state index in [1.54, 1.807) is 6.07 Å². The Bertz CT molecular complexity index is 396. The molecule has 2 nitrogen and oxygen atoms in total. The van der Waals surface area contributed by atoms with Gasteiger partial charge in [0, 0.05) is 18.9 Å². The van der Waals surface area contributed by atoms with Gasteiger partial charge in [0.05, 0.1) is 11.6 Å². The molecule has 0 amide bonds. The van der Waals surface area contributed by atoms with Crippen LogP contribution in [0.25, 0.3) is 0 Å². The number of ketones is 1. The topological polar surface area (TPSA) is 40.9 Å². The Kier molecular flexibility index (Phi) is 3.29. The van der Waals surface area contributed by atoms with Gasteiger partial charge < -0.3 is 0 Å². The number of rotatable bonds is 3. The maximum atomic E-state index is 13.0. The maximum Gasteiger partial charge on any atom is 0.166 e. The Morgan fingerprint density at radius 2 is 2.14 bits per heavy atom. The van der Waals surface area contributed by atoms with E-state index >= 15 is 0 Å². The Morgan fingerprint density at radius 3 is 2.71 bits per heavy atom. The number of benzene rings is 1. The van der Waals surface area contributed by atoms with Gasteiger partial charge in [0.25, 0.3) is 0 Å². The van der Waals surface area contributed by atoms with Crippen molar-refractivity contribution in [3.8, 4) is 6.07 Å². The second-order valence-corrected chi connectivity index (χ2v) is 2.71. The van der Waals surface area contributed by atoms with Crippen molar-refractivity contribution in [1.82, 2.24) is 0 Å². The van der Waals surface area contributed by atoms with E-state index in [-0.39, 0.29) is 18.4 Å². The Labute approximate surface area is 79.8 Å². The number of Topliss-reactive ketones (excluding diaryl/α,β-unsaturated/α-hetero) is 1. The van der Waals surface area contributed by atoms with Crippen molar-refractivity contribution in [3.05, 3.63) is 35.4 Å². The molecule has 0 radical (unpaired) electrons. The number of halogens is 2. The minimum atomic E-state index is -0.882. The standard InChI is InChI=1S/C10H7F2NO/c11-7-3-4-8(9(12)6-7)10(14)2-1-5-13/h3-4,6H,1-2H2. The molecule has 14 heavy (non-hydrogen) atoms.